The number of piperidine rings is 1. The van der Waals surface area contributed by atoms with Gasteiger partial charge in [-0.15, -0.1) is 0 Å². The molecule has 1 saturated carbocycles. The molecule has 4 N–H and O–H groups in total. The molecule has 2 fully saturated rings. The zero-order chi connectivity index (χ0) is 22.2. The fraction of sp³-hybridized carbons (Fsp3) is 0.417. The molecular weight excluding hydrogens is 411 g/mol. The van der Waals surface area contributed by atoms with Crippen molar-refractivity contribution >= 4 is 16.9 Å². The van der Waals surface area contributed by atoms with Gasteiger partial charge >= 0.3 is 0 Å². The van der Waals surface area contributed by atoms with Crippen LogP contribution in [0.25, 0.3) is 22.2 Å². The summed E-state index contributed by atoms with van der Waals surface area (Å²) in [6.07, 6.45) is 3.96. The monoisotopic (exact) mass is 438 g/mol. The molecule has 0 radical (unpaired) electrons. The van der Waals surface area contributed by atoms with E-state index in [2.05, 4.69) is 20.6 Å². The zero-order valence-electron chi connectivity index (χ0n) is 18.0. The largest absolute Gasteiger partial charge is 0.493 e. The molecule has 168 valence electrons. The van der Waals surface area contributed by atoms with Crippen LogP contribution in [0.2, 0.25) is 0 Å². The van der Waals surface area contributed by atoms with Gasteiger partial charge in [0.2, 0.25) is 0 Å². The van der Waals surface area contributed by atoms with Crippen molar-refractivity contribution in [1.29, 1.82) is 0 Å². The minimum atomic E-state index is -0.639. The van der Waals surface area contributed by atoms with E-state index in [0.29, 0.717) is 59.1 Å². The minimum absolute atomic E-state index is 0.284. The van der Waals surface area contributed by atoms with Crippen molar-refractivity contribution in [2.24, 2.45) is 5.92 Å². The normalized spacial score (nSPS) is 21.0. The number of nitrogens with zero attached hydrogens (tertiary/aromatic N) is 1. The molecule has 5 rings (SSSR count). The second-order valence-corrected chi connectivity index (χ2v) is 8.74. The van der Waals surface area contributed by atoms with Gasteiger partial charge in [-0.1, -0.05) is 0 Å². The number of rotatable bonds is 6. The number of nitrogens with one attached hydrogen (secondary N) is 3. The highest BCUT2D eigenvalue weighted by atomic mass is 19.1. The number of aliphatic hydroxyl groups is 1. The number of hydrogen-bond donors (Lipinski definition) is 4. The van der Waals surface area contributed by atoms with Crippen LogP contribution < -0.4 is 15.4 Å². The number of carbonyl (C=O) groups excluding carboxylic acids is 1. The number of amides is 1. The first-order valence-corrected chi connectivity index (χ1v) is 11.1. The van der Waals surface area contributed by atoms with E-state index >= 15 is 0 Å². The molecule has 2 aliphatic rings. The van der Waals surface area contributed by atoms with Crippen molar-refractivity contribution in [2.75, 3.05) is 19.7 Å². The maximum absolute atomic E-state index is 14.2. The van der Waals surface area contributed by atoms with Crippen molar-refractivity contribution in [3.05, 3.63) is 47.5 Å². The number of β-amino-alcohol motifs (C(OH)–C–C–N with tert-alkyl or cyclic N) is 1. The van der Waals surface area contributed by atoms with Gasteiger partial charge in [-0.2, -0.15) is 0 Å². The lowest BCUT2D eigenvalue weighted by molar-refractivity contribution is 0.0766. The van der Waals surface area contributed by atoms with E-state index in [1.807, 2.05) is 6.92 Å². The average molecular weight is 439 g/mol. The van der Waals surface area contributed by atoms with Crippen molar-refractivity contribution in [1.82, 2.24) is 20.6 Å². The molecule has 1 aliphatic heterocycles. The zero-order valence-corrected chi connectivity index (χ0v) is 18.0. The van der Waals surface area contributed by atoms with Crippen LogP contribution in [-0.2, 0) is 0 Å². The third-order valence-electron chi connectivity index (χ3n) is 6.27. The molecule has 0 bridgehead atoms. The highest BCUT2D eigenvalue weighted by molar-refractivity contribution is 6.09. The van der Waals surface area contributed by atoms with E-state index in [0.717, 1.165) is 24.9 Å². The van der Waals surface area contributed by atoms with Gasteiger partial charge in [0.1, 0.15) is 17.1 Å². The van der Waals surface area contributed by atoms with Gasteiger partial charge in [0.05, 0.1) is 29.8 Å². The first-order valence-electron chi connectivity index (χ1n) is 11.1. The van der Waals surface area contributed by atoms with E-state index in [9.17, 15) is 14.3 Å². The van der Waals surface area contributed by atoms with Crippen LogP contribution in [0.1, 0.15) is 35.3 Å². The molecule has 1 saturated heterocycles. The molecular formula is C24H27FN4O3. The lowest BCUT2D eigenvalue weighted by Crippen LogP contribution is -2.52. The molecule has 1 amide bonds. The van der Waals surface area contributed by atoms with Gasteiger partial charge in [-0.25, -0.2) is 4.39 Å². The Morgan fingerprint density at radius 2 is 2.12 bits per heavy atom. The highest BCUT2D eigenvalue weighted by Crippen LogP contribution is 2.37. The van der Waals surface area contributed by atoms with Crippen molar-refractivity contribution < 1.29 is 19.0 Å². The van der Waals surface area contributed by atoms with E-state index < -0.39 is 6.10 Å². The molecule has 7 nitrogen and oxygen atoms in total. The third-order valence-corrected chi connectivity index (χ3v) is 6.27. The molecule has 8 heteroatoms. The number of ether oxygens (including phenoxy) is 1. The number of H-pyrrole nitrogens is 1. The topological polar surface area (TPSA) is 99.3 Å². The summed E-state index contributed by atoms with van der Waals surface area (Å²) in [4.78, 5) is 20.8. The molecule has 2 atom stereocenters. The predicted octanol–water partition coefficient (Wildman–Crippen LogP) is 2.92. The van der Waals surface area contributed by atoms with Crippen LogP contribution >= 0.6 is 0 Å². The summed E-state index contributed by atoms with van der Waals surface area (Å²) >= 11 is 0. The van der Waals surface area contributed by atoms with Gasteiger partial charge in [0.15, 0.2) is 0 Å². The van der Waals surface area contributed by atoms with Crippen molar-refractivity contribution in [3.63, 3.8) is 0 Å². The van der Waals surface area contributed by atoms with Crippen molar-refractivity contribution in [3.8, 4) is 16.9 Å². The van der Waals surface area contributed by atoms with E-state index in [4.69, 9.17) is 4.74 Å². The summed E-state index contributed by atoms with van der Waals surface area (Å²) in [7, 11) is 0. The van der Waals surface area contributed by atoms with Crippen LogP contribution in [0.3, 0.4) is 0 Å². The Morgan fingerprint density at radius 3 is 2.91 bits per heavy atom. The molecule has 0 spiro atoms. The van der Waals surface area contributed by atoms with Crippen LogP contribution in [0, 0.1) is 18.7 Å². The van der Waals surface area contributed by atoms with Crippen LogP contribution in [0.15, 0.2) is 30.5 Å². The number of pyridine rings is 1. The standard InChI is InChI=1S/C24H27FN4O3/c1-13-21(24(31)29-18-7-8-26-11-19(18)30)23-22(28-13)16(6-9-27-23)17-10-15(25)4-5-20(17)32-12-14-2-3-14/h4-6,9-10,14,18-19,26,28,30H,2-3,7-8,11-12H2,1H3,(H,29,31)/t18-,19+/m1/s1. The van der Waals surface area contributed by atoms with Gasteiger partial charge in [0, 0.05) is 29.6 Å². The maximum atomic E-state index is 14.2. The Bertz CT molecular complexity index is 1160. The van der Waals surface area contributed by atoms with E-state index in [-0.39, 0.29) is 17.8 Å². The number of carbonyl (C=O) groups is 1. The minimum Gasteiger partial charge on any atom is -0.493 e. The van der Waals surface area contributed by atoms with Gasteiger partial charge in [-0.3, -0.25) is 9.78 Å². The van der Waals surface area contributed by atoms with Crippen LogP contribution in [0.4, 0.5) is 4.39 Å². The van der Waals surface area contributed by atoms with Crippen molar-refractivity contribution in [2.45, 2.75) is 38.3 Å². The Labute approximate surface area is 185 Å². The molecule has 3 heterocycles. The Kier molecular flexibility index (Phi) is 5.57. The SMILES string of the molecule is Cc1[nH]c2c(-c3cc(F)ccc3OCC3CC3)ccnc2c1C(=O)N[C@@H]1CCNC[C@@H]1O. The van der Waals surface area contributed by atoms with Gasteiger partial charge in [-0.05, 0) is 62.9 Å². The van der Waals surface area contributed by atoms with Crippen LogP contribution in [-0.4, -0.2) is 52.8 Å². The number of fused-ring (bicyclic) bond motifs is 1. The Morgan fingerprint density at radius 1 is 1.28 bits per heavy atom. The van der Waals surface area contributed by atoms with E-state index in [1.54, 1.807) is 18.3 Å². The summed E-state index contributed by atoms with van der Waals surface area (Å²) in [5.41, 5.74) is 3.62. The summed E-state index contributed by atoms with van der Waals surface area (Å²) in [6.45, 7) is 3.61. The summed E-state index contributed by atoms with van der Waals surface area (Å²) in [6, 6.07) is 5.99. The Hall–Kier alpha value is -2.97. The summed E-state index contributed by atoms with van der Waals surface area (Å²) in [5, 5.41) is 16.2. The van der Waals surface area contributed by atoms with Crippen LogP contribution in [0.5, 0.6) is 5.75 Å². The number of aryl methyl sites for hydroxylation is 1. The number of hydrogen-bond acceptors (Lipinski definition) is 5. The predicted molar refractivity (Wildman–Crippen MR) is 119 cm³/mol. The lowest BCUT2D eigenvalue weighted by atomic mass is 10.0. The first-order chi connectivity index (χ1) is 15.5. The maximum Gasteiger partial charge on any atom is 0.255 e. The number of aromatic amines is 1. The molecule has 1 aliphatic carbocycles. The second-order valence-electron chi connectivity index (χ2n) is 8.74. The molecule has 0 unspecified atom stereocenters. The Balaban J connectivity index is 1.51. The van der Waals surface area contributed by atoms with E-state index in [1.165, 1.54) is 12.1 Å². The second kappa shape index (κ2) is 8.52. The summed E-state index contributed by atoms with van der Waals surface area (Å²) < 4.78 is 20.2. The molecule has 1 aromatic carbocycles. The molecule has 2 aromatic heterocycles. The first kappa shape index (κ1) is 20.9. The quantitative estimate of drug-likeness (QED) is 0.474. The third kappa shape index (κ3) is 4.08. The van der Waals surface area contributed by atoms with Gasteiger partial charge < -0.3 is 25.5 Å². The number of aliphatic hydroxyl groups excluding tert-OH is 1. The van der Waals surface area contributed by atoms with Gasteiger partial charge in [0.25, 0.3) is 5.91 Å². The number of benzene rings is 1. The fourth-order valence-electron chi connectivity index (χ4n) is 4.29. The molecule has 32 heavy (non-hydrogen) atoms. The smallest absolute Gasteiger partial charge is 0.255 e. The molecule has 3 aromatic rings. The number of halogens is 1. The highest BCUT2D eigenvalue weighted by Gasteiger charge is 2.28. The lowest BCUT2D eigenvalue weighted by Gasteiger charge is -2.29. The number of aromatic nitrogens is 2. The fourth-order valence-corrected chi connectivity index (χ4v) is 4.29. The summed E-state index contributed by atoms with van der Waals surface area (Å²) in [5.74, 6) is 0.541. The average Bonchev–Trinajstić information content (AvgIpc) is 3.54.